The summed E-state index contributed by atoms with van der Waals surface area (Å²) < 4.78 is 19.3. The molecule has 3 heterocycles. The Hall–Kier alpha value is -2.31. The minimum atomic E-state index is -0.210. The van der Waals surface area contributed by atoms with Crippen molar-refractivity contribution in [1.82, 2.24) is 14.8 Å². The zero-order valence-electron chi connectivity index (χ0n) is 16.0. The Morgan fingerprint density at radius 3 is 2.75 bits per heavy atom. The molecule has 5 nitrogen and oxygen atoms in total. The highest BCUT2D eigenvalue weighted by Gasteiger charge is 2.31. The summed E-state index contributed by atoms with van der Waals surface area (Å²) in [5.41, 5.74) is 2.37. The number of benzene rings is 1. The molecule has 2 aliphatic heterocycles. The monoisotopic (exact) mass is 383 g/mol. The van der Waals surface area contributed by atoms with Crippen molar-refractivity contribution in [2.75, 3.05) is 39.4 Å². The summed E-state index contributed by atoms with van der Waals surface area (Å²) in [6, 6.07) is 12.7. The maximum Gasteiger partial charge on any atom is 0.237 e. The van der Waals surface area contributed by atoms with Crippen LogP contribution in [0.25, 0.3) is 0 Å². The highest BCUT2D eigenvalue weighted by Crippen LogP contribution is 2.31. The third-order valence-corrected chi connectivity index (χ3v) is 5.53. The van der Waals surface area contributed by atoms with Gasteiger partial charge in [0.25, 0.3) is 0 Å². The zero-order valence-corrected chi connectivity index (χ0v) is 16.0. The molecule has 1 aromatic heterocycles. The van der Waals surface area contributed by atoms with Crippen molar-refractivity contribution in [3.05, 3.63) is 65.2 Å². The molecule has 2 fully saturated rings. The summed E-state index contributed by atoms with van der Waals surface area (Å²) >= 11 is 0. The van der Waals surface area contributed by atoms with Gasteiger partial charge in [-0.1, -0.05) is 24.3 Å². The average molecular weight is 383 g/mol. The number of pyridine rings is 1. The molecule has 0 saturated carbocycles. The number of likely N-dealkylation sites (tertiary alicyclic amines) is 1. The van der Waals surface area contributed by atoms with Gasteiger partial charge in [0.2, 0.25) is 5.91 Å². The molecule has 2 aliphatic rings. The Labute approximate surface area is 165 Å². The van der Waals surface area contributed by atoms with Crippen LogP contribution in [0, 0.1) is 5.82 Å². The molecule has 6 heteroatoms. The van der Waals surface area contributed by atoms with E-state index in [4.69, 9.17) is 9.72 Å². The molecule has 0 bridgehead atoms. The number of hydrogen-bond acceptors (Lipinski definition) is 4. The molecular formula is C22H26FN3O2. The lowest BCUT2D eigenvalue weighted by Gasteiger charge is -2.30. The molecule has 1 aromatic carbocycles. The summed E-state index contributed by atoms with van der Waals surface area (Å²) in [6.07, 6.45) is 2.36. The number of amides is 1. The third kappa shape index (κ3) is 4.39. The highest BCUT2D eigenvalue weighted by atomic mass is 19.1. The number of ether oxygens (including phenoxy) is 1. The summed E-state index contributed by atoms with van der Waals surface area (Å²) in [6.45, 7) is 4.20. The van der Waals surface area contributed by atoms with E-state index in [-0.39, 0.29) is 17.8 Å². The molecule has 2 saturated heterocycles. The summed E-state index contributed by atoms with van der Waals surface area (Å²) in [5, 5.41) is 0. The van der Waals surface area contributed by atoms with Crippen LogP contribution in [0.2, 0.25) is 0 Å². The van der Waals surface area contributed by atoms with Crippen LogP contribution < -0.4 is 0 Å². The second kappa shape index (κ2) is 8.80. The van der Waals surface area contributed by atoms with E-state index in [2.05, 4.69) is 4.90 Å². The van der Waals surface area contributed by atoms with Gasteiger partial charge in [-0.15, -0.1) is 0 Å². The van der Waals surface area contributed by atoms with Crippen molar-refractivity contribution < 1.29 is 13.9 Å². The standard InChI is InChI=1S/C22H26FN3O2/c23-19-7-2-1-5-17(19)15-18-6-3-8-20(24-18)21-9-4-10-26(21)22(27)16-25-11-13-28-14-12-25/h1-3,5-8,21H,4,9-16H2/t21-/m0/s1. The van der Waals surface area contributed by atoms with Crippen molar-refractivity contribution >= 4 is 5.91 Å². The molecule has 0 unspecified atom stereocenters. The average Bonchev–Trinajstić information content (AvgIpc) is 3.21. The van der Waals surface area contributed by atoms with E-state index in [1.807, 2.05) is 29.2 Å². The summed E-state index contributed by atoms with van der Waals surface area (Å²) in [4.78, 5) is 21.8. The number of aromatic nitrogens is 1. The number of morpholine rings is 1. The second-order valence-corrected chi connectivity index (χ2v) is 7.46. The molecule has 0 spiro atoms. The van der Waals surface area contributed by atoms with E-state index < -0.39 is 0 Å². The van der Waals surface area contributed by atoms with Gasteiger partial charge in [0.1, 0.15) is 5.82 Å². The lowest BCUT2D eigenvalue weighted by molar-refractivity contribution is -0.134. The minimum absolute atomic E-state index is 0.00844. The van der Waals surface area contributed by atoms with Gasteiger partial charge in [-0.3, -0.25) is 14.7 Å². The van der Waals surface area contributed by atoms with Gasteiger partial charge in [-0.05, 0) is 36.6 Å². The predicted molar refractivity (Wildman–Crippen MR) is 104 cm³/mol. The molecule has 28 heavy (non-hydrogen) atoms. The predicted octanol–water partition coefficient (Wildman–Crippen LogP) is 2.81. The molecule has 1 atom stereocenters. The van der Waals surface area contributed by atoms with Crippen LogP contribution in [0.4, 0.5) is 4.39 Å². The van der Waals surface area contributed by atoms with E-state index in [0.717, 1.165) is 43.9 Å². The Morgan fingerprint density at radius 2 is 1.93 bits per heavy atom. The van der Waals surface area contributed by atoms with E-state index in [9.17, 15) is 9.18 Å². The number of carbonyl (C=O) groups is 1. The summed E-state index contributed by atoms with van der Waals surface area (Å²) in [5.74, 6) is -0.0522. The summed E-state index contributed by atoms with van der Waals surface area (Å²) in [7, 11) is 0. The largest absolute Gasteiger partial charge is 0.379 e. The smallest absolute Gasteiger partial charge is 0.237 e. The Morgan fingerprint density at radius 1 is 1.11 bits per heavy atom. The molecular weight excluding hydrogens is 357 g/mol. The van der Waals surface area contributed by atoms with Crippen LogP contribution in [0.1, 0.15) is 35.8 Å². The van der Waals surface area contributed by atoms with Gasteiger partial charge in [-0.25, -0.2) is 4.39 Å². The number of halogens is 1. The van der Waals surface area contributed by atoms with E-state index >= 15 is 0 Å². The van der Waals surface area contributed by atoms with Gasteiger partial charge >= 0.3 is 0 Å². The maximum absolute atomic E-state index is 14.0. The first kappa shape index (κ1) is 19.0. The number of rotatable bonds is 5. The first-order valence-electron chi connectivity index (χ1n) is 9.99. The number of nitrogens with zero attached hydrogens (tertiary/aromatic N) is 3. The van der Waals surface area contributed by atoms with Crippen LogP contribution >= 0.6 is 0 Å². The Kier molecular flexibility index (Phi) is 5.98. The minimum Gasteiger partial charge on any atom is -0.379 e. The molecule has 1 amide bonds. The first-order valence-corrected chi connectivity index (χ1v) is 9.99. The molecule has 0 aliphatic carbocycles. The van der Waals surface area contributed by atoms with Crippen LogP contribution in [0.5, 0.6) is 0 Å². The SMILES string of the molecule is O=C(CN1CCOCC1)N1CCC[C@H]1c1cccc(Cc2ccccc2F)n1. The first-order chi connectivity index (χ1) is 13.7. The van der Waals surface area contributed by atoms with Gasteiger partial charge in [0, 0.05) is 31.7 Å². The number of carbonyl (C=O) groups excluding carboxylic acids is 1. The Bertz CT molecular complexity index is 823. The quantitative estimate of drug-likeness (QED) is 0.797. The van der Waals surface area contributed by atoms with E-state index in [1.54, 1.807) is 12.1 Å². The van der Waals surface area contributed by atoms with E-state index in [1.165, 1.54) is 6.07 Å². The van der Waals surface area contributed by atoms with Gasteiger partial charge in [-0.2, -0.15) is 0 Å². The van der Waals surface area contributed by atoms with E-state index in [0.29, 0.717) is 31.7 Å². The number of hydrogen-bond donors (Lipinski definition) is 0. The van der Waals surface area contributed by atoms with Crippen molar-refractivity contribution in [3.63, 3.8) is 0 Å². The molecule has 4 rings (SSSR count). The van der Waals surface area contributed by atoms with Crippen LogP contribution in [-0.2, 0) is 16.0 Å². The normalized spacial score (nSPS) is 20.5. The lowest BCUT2D eigenvalue weighted by Crippen LogP contribution is -2.44. The van der Waals surface area contributed by atoms with Crippen LogP contribution in [0.15, 0.2) is 42.5 Å². The topological polar surface area (TPSA) is 45.7 Å². The van der Waals surface area contributed by atoms with Crippen molar-refractivity contribution in [3.8, 4) is 0 Å². The van der Waals surface area contributed by atoms with Crippen molar-refractivity contribution in [2.45, 2.75) is 25.3 Å². The molecule has 2 aromatic rings. The third-order valence-electron chi connectivity index (χ3n) is 5.53. The molecule has 0 N–H and O–H groups in total. The van der Waals surface area contributed by atoms with Crippen molar-refractivity contribution in [1.29, 1.82) is 0 Å². The Balaban J connectivity index is 1.46. The van der Waals surface area contributed by atoms with Crippen LogP contribution in [0.3, 0.4) is 0 Å². The molecule has 0 radical (unpaired) electrons. The zero-order chi connectivity index (χ0) is 19.3. The molecule has 148 valence electrons. The second-order valence-electron chi connectivity index (χ2n) is 7.46. The van der Waals surface area contributed by atoms with Gasteiger partial charge < -0.3 is 9.64 Å². The maximum atomic E-state index is 14.0. The fraction of sp³-hybridized carbons (Fsp3) is 0.455. The van der Waals surface area contributed by atoms with Gasteiger partial charge in [0.15, 0.2) is 0 Å². The lowest BCUT2D eigenvalue weighted by atomic mass is 10.1. The van der Waals surface area contributed by atoms with Gasteiger partial charge in [0.05, 0.1) is 31.5 Å². The van der Waals surface area contributed by atoms with Crippen molar-refractivity contribution in [2.24, 2.45) is 0 Å². The fourth-order valence-corrected chi connectivity index (χ4v) is 4.03. The van der Waals surface area contributed by atoms with Crippen LogP contribution in [-0.4, -0.2) is 60.1 Å². The highest BCUT2D eigenvalue weighted by molar-refractivity contribution is 5.79. The fourth-order valence-electron chi connectivity index (χ4n) is 4.03.